The van der Waals surface area contributed by atoms with E-state index in [1.165, 1.54) is 6.07 Å². The van der Waals surface area contributed by atoms with Crippen molar-refractivity contribution in [1.82, 2.24) is 0 Å². The number of anilines is 1. The van der Waals surface area contributed by atoms with Crippen LogP contribution in [-0.2, 0) is 0 Å². The Morgan fingerprint density at radius 1 is 0.893 bits per heavy atom. The topological polar surface area (TPSA) is 59.3 Å². The summed E-state index contributed by atoms with van der Waals surface area (Å²) in [7, 11) is 0. The lowest BCUT2D eigenvalue weighted by molar-refractivity contribution is 0.102. The Kier molecular flexibility index (Phi) is 4.90. The fraction of sp³-hybridized carbons (Fsp3) is 0. The number of rotatable bonds is 3. The molecule has 0 spiro atoms. The Morgan fingerprint density at radius 2 is 1.71 bits per heavy atom. The van der Waals surface area contributed by atoms with Crippen molar-refractivity contribution in [2.45, 2.75) is 0 Å². The van der Waals surface area contributed by atoms with Gasteiger partial charge >= 0.3 is 0 Å². The number of amides is 1. The molecule has 4 rings (SSSR count). The van der Waals surface area contributed by atoms with Crippen molar-refractivity contribution >= 4 is 45.8 Å². The summed E-state index contributed by atoms with van der Waals surface area (Å²) in [6, 6.07) is 20.1. The van der Waals surface area contributed by atoms with Gasteiger partial charge in [0.05, 0.1) is 10.4 Å². The van der Waals surface area contributed by atoms with Crippen molar-refractivity contribution in [2.24, 2.45) is 0 Å². The molecule has 4 aromatic rings. The largest absolute Gasteiger partial charge is 0.456 e. The van der Waals surface area contributed by atoms with E-state index in [9.17, 15) is 9.59 Å². The number of halogens is 2. The quantitative estimate of drug-likeness (QED) is 0.449. The molecule has 0 aliphatic rings. The number of nitrogens with one attached hydrogen (secondary N) is 1. The van der Waals surface area contributed by atoms with Gasteiger partial charge in [0.25, 0.3) is 5.91 Å². The molecule has 3 aromatic carbocycles. The second-order valence-electron chi connectivity index (χ2n) is 6.13. The maximum Gasteiger partial charge on any atom is 0.255 e. The van der Waals surface area contributed by atoms with Gasteiger partial charge in [0.2, 0.25) is 0 Å². The summed E-state index contributed by atoms with van der Waals surface area (Å²) in [5.74, 6) is 0.0674. The molecule has 1 N–H and O–H groups in total. The summed E-state index contributed by atoms with van der Waals surface area (Å²) in [5, 5.41) is 4.09. The molecule has 0 aliphatic heterocycles. The predicted octanol–water partition coefficient (Wildman–Crippen LogP) is 6.02. The number of hydrogen-bond acceptors (Lipinski definition) is 3. The Bertz CT molecular complexity index is 1260. The van der Waals surface area contributed by atoms with Crippen molar-refractivity contribution in [3.05, 3.63) is 98.6 Å². The second-order valence-corrected chi connectivity index (χ2v) is 6.97. The smallest absolute Gasteiger partial charge is 0.255 e. The van der Waals surface area contributed by atoms with Gasteiger partial charge in [-0.2, -0.15) is 0 Å². The van der Waals surface area contributed by atoms with Crippen LogP contribution in [0.3, 0.4) is 0 Å². The third-order valence-electron chi connectivity index (χ3n) is 4.21. The number of carbonyl (C=O) groups is 1. The standard InChI is InChI=1S/C22H13Cl2NO3/c23-14-5-3-4-13(10-14)22(27)25-15-8-9-20-17(11-15)19(26)12-21(28-20)16-6-1-2-7-18(16)24/h1-12H,(H,25,27). The minimum Gasteiger partial charge on any atom is -0.456 e. The lowest BCUT2D eigenvalue weighted by Gasteiger charge is -2.08. The summed E-state index contributed by atoms with van der Waals surface area (Å²) < 4.78 is 5.86. The van der Waals surface area contributed by atoms with Gasteiger partial charge in [0, 0.05) is 27.9 Å². The van der Waals surface area contributed by atoms with Crippen LogP contribution in [0, 0.1) is 0 Å². The van der Waals surface area contributed by atoms with Crippen LogP contribution in [0.15, 0.2) is 82.0 Å². The lowest BCUT2D eigenvalue weighted by atomic mass is 10.1. The maximum atomic E-state index is 12.6. The van der Waals surface area contributed by atoms with Crippen LogP contribution in [0.5, 0.6) is 0 Å². The molecule has 1 amide bonds. The first kappa shape index (κ1) is 18.3. The van der Waals surface area contributed by atoms with Gasteiger partial charge in [-0.3, -0.25) is 9.59 Å². The summed E-state index contributed by atoms with van der Waals surface area (Å²) in [6.07, 6.45) is 0. The van der Waals surface area contributed by atoms with E-state index in [2.05, 4.69) is 5.32 Å². The Balaban J connectivity index is 1.69. The van der Waals surface area contributed by atoms with Gasteiger partial charge in [-0.1, -0.05) is 41.4 Å². The molecule has 0 saturated heterocycles. The molecule has 1 heterocycles. The Labute approximate surface area is 170 Å². The van der Waals surface area contributed by atoms with E-state index in [4.69, 9.17) is 27.6 Å². The molecule has 0 fully saturated rings. The highest BCUT2D eigenvalue weighted by molar-refractivity contribution is 6.33. The molecule has 28 heavy (non-hydrogen) atoms. The molecule has 6 heteroatoms. The number of benzene rings is 3. The van der Waals surface area contributed by atoms with Gasteiger partial charge in [-0.25, -0.2) is 0 Å². The fourth-order valence-corrected chi connectivity index (χ4v) is 3.28. The summed E-state index contributed by atoms with van der Waals surface area (Å²) in [6.45, 7) is 0. The van der Waals surface area contributed by atoms with Gasteiger partial charge in [-0.15, -0.1) is 0 Å². The monoisotopic (exact) mass is 409 g/mol. The van der Waals surface area contributed by atoms with Gasteiger partial charge in [0.1, 0.15) is 11.3 Å². The maximum absolute atomic E-state index is 12.6. The zero-order valence-electron chi connectivity index (χ0n) is 14.4. The van der Waals surface area contributed by atoms with Crippen molar-refractivity contribution in [2.75, 3.05) is 5.32 Å². The van der Waals surface area contributed by atoms with Gasteiger partial charge in [-0.05, 0) is 48.5 Å². The van der Waals surface area contributed by atoms with Crippen molar-refractivity contribution in [1.29, 1.82) is 0 Å². The average molecular weight is 410 g/mol. The Hall–Kier alpha value is -3.08. The molecule has 1 aromatic heterocycles. The molecule has 0 bridgehead atoms. The normalized spacial score (nSPS) is 10.8. The van der Waals surface area contributed by atoms with E-state index >= 15 is 0 Å². The zero-order chi connectivity index (χ0) is 19.7. The molecular formula is C22H13Cl2NO3. The summed E-state index contributed by atoms with van der Waals surface area (Å²) in [5.41, 5.74) is 1.73. The van der Waals surface area contributed by atoms with Crippen LogP contribution in [0.25, 0.3) is 22.3 Å². The molecular weight excluding hydrogens is 397 g/mol. The fourth-order valence-electron chi connectivity index (χ4n) is 2.86. The van der Waals surface area contributed by atoms with Gasteiger partial charge < -0.3 is 9.73 Å². The van der Waals surface area contributed by atoms with Crippen LogP contribution in [0.2, 0.25) is 10.0 Å². The first-order valence-corrected chi connectivity index (χ1v) is 9.16. The van der Waals surface area contributed by atoms with E-state index in [-0.39, 0.29) is 11.3 Å². The molecule has 0 unspecified atom stereocenters. The second kappa shape index (κ2) is 7.50. The molecule has 138 valence electrons. The first-order chi connectivity index (χ1) is 13.5. The highest BCUT2D eigenvalue weighted by Crippen LogP contribution is 2.29. The molecule has 0 radical (unpaired) electrons. The van der Waals surface area contributed by atoms with Crippen LogP contribution >= 0.6 is 23.2 Å². The number of hydrogen-bond donors (Lipinski definition) is 1. The number of fused-ring (bicyclic) bond motifs is 1. The van der Waals surface area contributed by atoms with E-state index in [0.29, 0.717) is 43.6 Å². The van der Waals surface area contributed by atoms with E-state index in [1.54, 1.807) is 60.7 Å². The van der Waals surface area contributed by atoms with Crippen molar-refractivity contribution < 1.29 is 9.21 Å². The average Bonchev–Trinajstić information content (AvgIpc) is 2.68. The van der Waals surface area contributed by atoms with Crippen LogP contribution < -0.4 is 10.7 Å². The minimum absolute atomic E-state index is 0.227. The highest BCUT2D eigenvalue weighted by Gasteiger charge is 2.12. The number of carbonyl (C=O) groups excluding carboxylic acids is 1. The molecule has 0 saturated carbocycles. The van der Waals surface area contributed by atoms with E-state index in [0.717, 1.165) is 0 Å². The zero-order valence-corrected chi connectivity index (χ0v) is 15.9. The highest BCUT2D eigenvalue weighted by atomic mass is 35.5. The lowest BCUT2D eigenvalue weighted by Crippen LogP contribution is -2.12. The van der Waals surface area contributed by atoms with Crippen LogP contribution in [0.1, 0.15) is 10.4 Å². The molecule has 0 atom stereocenters. The summed E-state index contributed by atoms with van der Waals surface area (Å²) in [4.78, 5) is 25.0. The predicted molar refractivity (Wildman–Crippen MR) is 112 cm³/mol. The van der Waals surface area contributed by atoms with Crippen LogP contribution in [-0.4, -0.2) is 5.91 Å². The van der Waals surface area contributed by atoms with Crippen molar-refractivity contribution in [3.63, 3.8) is 0 Å². The molecule has 0 aliphatic carbocycles. The van der Waals surface area contributed by atoms with E-state index in [1.807, 2.05) is 6.07 Å². The van der Waals surface area contributed by atoms with Crippen LogP contribution in [0.4, 0.5) is 5.69 Å². The molecule has 4 nitrogen and oxygen atoms in total. The van der Waals surface area contributed by atoms with E-state index < -0.39 is 0 Å². The third kappa shape index (κ3) is 3.65. The SMILES string of the molecule is O=C(Nc1ccc2oc(-c3ccccc3Cl)cc(=O)c2c1)c1cccc(Cl)c1. The first-order valence-electron chi connectivity index (χ1n) is 8.41. The van der Waals surface area contributed by atoms with Gasteiger partial charge in [0.15, 0.2) is 5.43 Å². The summed E-state index contributed by atoms with van der Waals surface area (Å²) >= 11 is 12.1. The Morgan fingerprint density at radius 3 is 2.50 bits per heavy atom. The third-order valence-corrected chi connectivity index (χ3v) is 4.78. The minimum atomic E-state index is -0.320. The van der Waals surface area contributed by atoms with Crippen molar-refractivity contribution in [3.8, 4) is 11.3 Å².